The van der Waals surface area contributed by atoms with E-state index in [1.165, 1.54) is 4.90 Å². The van der Waals surface area contributed by atoms with Crippen LogP contribution >= 0.6 is 0 Å². The molecule has 2 amide bonds. The van der Waals surface area contributed by atoms with Crippen molar-refractivity contribution >= 4 is 11.8 Å². The van der Waals surface area contributed by atoms with E-state index in [1.807, 2.05) is 36.4 Å². The van der Waals surface area contributed by atoms with Crippen molar-refractivity contribution in [3.63, 3.8) is 0 Å². The van der Waals surface area contributed by atoms with Gasteiger partial charge in [-0.3, -0.25) is 14.5 Å². The van der Waals surface area contributed by atoms with Crippen molar-refractivity contribution in [1.29, 1.82) is 0 Å². The molecule has 4 nitrogen and oxygen atoms in total. The molecule has 0 bridgehead atoms. The van der Waals surface area contributed by atoms with Crippen LogP contribution in [-0.4, -0.2) is 30.9 Å². The van der Waals surface area contributed by atoms with E-state index in [1.54, 1.807) is 14.2 Å². The molecule has 3 atom stereocenters. The van der Waals surface area contributed by atoms with Crippen molar-refractivity contribution in [3.05, 3.63) is 42.0 Å². The fourth-order valence-electron chi connectivity index (χ4n) is 3.22. The van der Waals surface area contributed by atoms with Crippen molar-refractivity contribution < 1.29 is 14.3 Å². The molecule has 1 heterocycles. The molecule has 0 radical (unpaired) electrons. The second kappa shape index (κ2) is 4.78. The number of allylic oxidation sites excluding steroid dienone is 2. The maximum absolute atomic E-state index is 12.3. The molecule has 0 saturated carbocycles. The van der Waals surface area contributed by atoms with Gasteiger partial charge >= 0.3 is 0 Å². The van der Waals surface area contributed by atoms with E-state index in [9.17, 15) is 9.59 Å². The summed E-state index contributed by atoms with van der Waals surface area (Å²) in [5, 5.41) is 0. The van der Waals surface area contributed by atoms with E-state index in [2.05, 4.69) is 0 Å². The summed E-state index contributed by atoms with van der Waals surface area (Å²) in [6, 6.07) is 7.71. The molecule has 3 rings (SSSR count). The third-order valence-electron chi connectivity index (χ3n) is 4.30. The maximum Gasteiger partial charge on any atom is 0.233 e. The van der Waals surface area contributed by atoms with E-state index < -0.39 is 0 Å². The first-order valence-corrected chi connectivity index (χ1v) is 6.75. The van der Waals surface area contributed by atoms with Gasteiger partial charge in [-0.25, -0.2) is 0 Å². The molecular weight excluding hydrogens is 254 g/mol. The number of carbonyl (C=O) groups is 2. The first kappa shape index (κ1) is 12.9. The maximum atomic E-state index is 12.3. The normalized spacial score (nSPS) is 28.7. The zero-order chi connectivity index (χ0) is 14.3. The topological polar surface area (TPSA) is 46.6 Å². The second-order valence-electron chi connectivity index (χ2n) is 5.33. The molecule has 1 saturated heterocycles. The minimum absolute atomic E-state index is 0.0507. The monoisotopic (exact) mass is 271 g/mol. The number of carbonyl (C=O) groups excluding carboxylic acids is 2. The third kappa shape index (κ3) is 1.83. The number of methoxy groups -OCH3 is 1. The molecule has 2 aliphatic rings. The first-order valence-electron chi connectivity index (χ1n) is 6.75. The number of imide groups is 1. The molecule has 1 aliphatic carbocycles. The number of benzene rings is 1. The van der Waals surface area contributed by atoms with Crippen LogP contribution in [0, 0.1) is 11.8 Å². The Bertz CT molecular complexity index is 593. The Kier molecular flexibility index (Phi) is 3.08. The summed E-state index contributed by atoms with van der Waals surface area (Å²) >= 11 is 0. The van der Waals surface area contributed by atoms with E-state index in [4.69, 9.17) is 4.74 Å². The van der Waals surface area contributed by atoms with Crippen LogP contribution in [0.1, 0.15) is 17.9 Å². The quantitative estimate of drug-likeness (QED) is 0.610. The predicted octanol–water partition coefficient (Wildman–Crippen LogP) is 1.97. The summed E-state index contributed by atoms with van der Waals surface area (Å²) in [7, 11) is 3.20. The summed E-state index contributed by atoms with van der Waals surface area (Å²) in [4.78, 5) is 25.7. The van der Waals surface area contributed by atoms with Gasteiger partial charge in [-0.2, -0.15) is 0 Å². The Morgan fingerprint density at radius 2 is 2.05 bits per heavy atom. The van der Waals surface area contributed by atoms with Crippen molar-refractivity contribution in [2.24, 2.45) is 11.8 Å². The molecule has 20 heavy (non-hydrogen) atoms. The highest BCUT2D eigenvalue weighted by molar-refractivity contribution is 6.05. The largest absolute Gasteiger partial charge is 0.497 e. The van der Waals surface area contributed by atoms with Crippen LogP contribution in [0.2, 0.25) is 0 Å². The van der Waals surface area contributed by atoms with E-state index in [0.717, 1.165) is 11.3 Å². The Hall–Kier alpha value is -2.10. The number of ether oxygens (including phenoxy) is 1. The molecular formula is C16H17NO3. The lowest BCUT2D eigenvalue weighted by molar-refractivity contribution is -0.138. The number of hydrogen-bond donors (Lipinski definition) is 0. The van der Waals surface area contributed by atoms with Crippen LogP contribution in [0.25, 0.3) is 0 Å². The fourth-order valence-corrected chi connectivity index (χ4v) is 3.22. The van der Waals surface area contributed by atoms with Crippen LogP contribution in [0.3, 0.4) is 0 Å². The Labute approximate surface area is 118 Å². The molecule has 1 aliphatic heterocycles. The Morgan fingerprint density at radius 1 is 1.25 bits per heavy atom. The molecule has 0 aromatic heterocycles. The van der Waals surface area contributed by atoms with Crippen LogP contribution in [0.15, 0.2) is 36.4 Å². The van der Waals surface area contributed by atoms with Crippen LogP contribution in [0.4, 0.5) is 0 Å². The highest BCUT2D eigenvalue weighted by Crippen LogP contribution is 2.43. The number of rotatable bonds is 2. The average molecular weight is 271 g/mol. The second-order valence-corrected chi connectivity index (χ2v) is 5.33. The minimum Gasteiger partial charge on any atom is -0.497 e. The SMILES string of the molecule is COc1cccc([C@@H]2C=CC[C@H]3C(=O)N(C)C(=O)[C@H]32)c1. The number of nitrogens with zero attached hydrogens (tertiary/aromatic N) is 1. The Morgan fingerprint density at radius 3 is 2.80 bits per heavy atom. The minimum atomic E-state index is -0.274. The number of hydrogen-bond acceptors (Lipinski definition) is 3. The number of fused-ring (bicyclic) bond motifs is 1. The smallest absolute Gasteiger partial charge is 0.233 e. The van der Waals surface area contributed by atoms with Gasteiger partial charge in [0.15, 0.2) is 0 Å². The lowest BCUT2D eigenvalue weighted by Gasteiger charge is -2.26. The van der Waals surface area contributed by atoms with Gasteiger partial charge in [0.2, 0.25) is 11.8 Å². The van der Waals surface area contributed by atoms with Gasteiger partial charge in [0.05, 0.1) is 18.9 Å². The van der Waals surface area contributed by atoms with Crippen molar-refractivity contribution in [2.75, 3.05) is 14.2 Å². The fraction of sp³-hybridized carbons (Fsp3) is 0.375. The lowest BCUT2D eigenvalue weighted by atomic mass is 9.74. The van der Waals surface area contributed by atoms with Crippen molar-refractivity contribution in [1.82, 2.24) is 4.90 Å². The van der Waals surface area contributed by atoms with Gasteiger partial charge in [0.25, 0.3) is 0 Å². The van der Waals surface area contributed by atoms with E-state index in [-0.39, 0.29) is 29.6 Å². The molecule has 104 valence electrons. The van der Waals surface area contributed by atoms with Crippen LogP contribution in [-0.2, 0) is 9.59 Å². The van der Waals surface area contributed by atoms with Crippen molar-refractivity contribution in [2.45, 2.75) is 12.3 Å². The number of likely N-dealkylation sites (tertiary alicyclic amines) is 1. The average Bonchev–Trinajstić information content (AvgIpc) is 2.72. The van der Waals surface area contributed by atoms with E-state index in [0.29, 0.717) is 6.42 Å². The van der Waals surface area contributed by atoms with Gasteiger partial charge < -0.3 is 4.74 Å². The third-order valence-corrected chi connectivity index (χ3v) is 4.30. The molecule has 1 aromatic rings. The zero-order valence-corrected chi connectivity index (χ0v) is 11.6. The highest BCUT2D eigenvalue weighted by Gasteiger charge is 2.49. The zero-order valence-electron chi connectivity index (χ0n) is 11.6. The molecule has 0 spiro atoms. The molecule has 1 aromatic carbocycles. The predicted molar refractivity (Wildman–Crippen MR) is 74.2 cm³/mol. The van der Waals surface area contributed by atoms with E-state index >= 15 is 0 Å². The van der Waals surface area contributed by atoms with Crippen molar-refractivity contribution in [3.8, 4) is 5.75 Å². The number of amides is 2. The molecule has 1 fully saturated rings. The summed E-state index contributed by atoms with van der Waals surface area (Å²) in [5.41, 5.74) is 1.02. The molecule has 4 heteroatoms. The standard InChI is InChI=1S/C16H17NO3/c1-17-15(18)13-8-4-7-12(14(13)16(17)19)10-5-3-6-11(9-10)20-2/h3-7,9,12-14H,8H2,1-2H3/t12-,13+,14-/m0/s1. The summed E-state index contributed by atoms with van der Waals surface area (Å²) in [5.74, 6) is 0.0983. The van der Waals surface area contributed by atoms with Crippen LogP contribution < -0.4 is 4.74 Å². The lowest BCUT2D eigenvalue weighted by Crippen LogP contribution is -2.28. The van der Waals surface area contributed by atoms with Gasteiger partial charge in [-0.1, -0.05) is 24.3 Å². The first-order chi connectivity index (χ1) is 9.63. The Balaban J connectivity index is 2.00. The van der Waals surface area contributed by atoms with Crippen LogP contribution in [0.5, 0.6) is 5.75 Å². The van der Waals surface area contributed by atoms with Gasteiger partial charge in [-0.15, -0.1) is 0 Å². The summed E-state index contributed by atoms with van der Waals surface area (Å²) in [6.07, 6.45) is 4.70. The van der Waals surface area contributed by atoms with Gasteiger partial charge in [0, 0.05) is 13.0 Å². The molecule has 0 N–H and O–H groups in total. The van der Waals surface area contributed by atoms with Gasteiger partial charge in [-0.05, 0) is 24.1 Å². The molecule has 0 unspecified atom stereocenters. The highest BCUT2D eigenvalue weighted by atomic mass is 16.5. The summed E-state index contributed by atoms with van der Waals surface area (Å²) < 4.78 is 5.24. The summed E-state index contributed by atoms with van der Waals surface area (Å²) in [6.45, 7) is 0. The van der Waals surface area contributed by atoms with Gasteiger partial charge in [0.1, 0.15) is 5.75 Å².